The molecule has 1 aliphatic heterocycles. The Kier molecular flexibility index (Phi) is 6.44. The third-order valence-corrected chi connectivity index (χ3v) is 6.22. The normalized spacial score (nSPS) is 20.4. The lowest BCUT2D eigenvalue weighted by Crippen LogP contribution is -2.29. The minimum atomic E-state index is -3.37. The molecule has 1 fully saturated rings. The zero-order chi connectivity index (χ0) is 16.9. The molecule has 0 aliphatic carbocycles. The molecular weight excluding hydrogens is 312 g/mol. The van der Waals surface area contributed by atoms with Crippen LogP contribution >= 0.6 is 0 Å². The van der Waals surface area contributed by atoms with Gasteiger partial charge in [0.2, 0.25) is 10.0 Å². The maximum Gasteiger partial charge on any atom is 0.242 e. The predicted octanol–water partition coefficient (Wildman–Crippen LogP) is 2.44. The quantitative estimate of drug-likeness (QED) is 0.798. The molecule has 0 N–H and O–H groups in total. The van der Waals surface area contributed by atoms with Crippen molar-refractivity contribution in [2.75, 3.05) is 40.3 Å². The van der Waals surface area contributed by atoms with Crippen molar-refractivity contribution in [2.24, 2.45) is 5.92 Å². The van der Waals surface area contributed by atoms with Gasteiger partial charge in [0.25, 0.3) is 0 Å². The highest BCUT2D eigenvalue weighted by molar-refractivity contribution is 7.89. The smallest absolute Gasteiger partial charge is 0.242 e. The summed E-state index contributed by atoms with van der Waals surface area (Å²) in [7, 11) is -0.312. The Hall–Kier alpha value is -1.11. The number of likely N-dealkylation sites (tertiary alicyclic amines) is 1. The van der Waals surface area contributed by atoms with Gasteiger partial charge in [-0.15, -0.1) is 0 Å². The number of ether oxygens (including phenoxy) is 1. The number of hydrogen-bond acceptors (Lipinski definition) is 4. The zero-order valence-corrected chi connectivity index (χ0v) is 15.2. The van der Waals surface area contributed by atoms with Crippen LogP contribution in [0, 0.1) is 5.92 Å². The molecule has 0 radical (unpaired) electrons. The predicted molar refractivity (Wildman–Crippen MR) is 92.3 cm³/mol. The summed E-state index contributed by atoms with van der Waals surface area (Å²) in [5.74, 6) is 1.54. The van der Waals surface area contributed by atoms with Crippen LogP contribution in [0.2, 0.25) is 0 Å². The van der Waals surface area contributed by atoms with Crippen LogP contribution in [0.4, 0.5) is 0 Å². The summed E-state index contributed by atoms with van der Waals surface area (Å²) >= 11 is 0. The van der Waals surface area contributed by atoms with E-state index < -0.39 is 10.0 Å². The Labute approximate surface area is 140 Å². The van der Waals surface area contributed by atoms with Gasteiger partial charge < -0.3 is 4.74 Å². The second-order valence-electron chi connectivity index (χ2n) is 6.49. The summed E-state index contributed by atoms with van der Waals surface area (Å²) in [5, 5.41) is 0. The second-order valence-corrected chi connectivity index (χ2v) is 8.64. The monoisotopic (exact) mass is 340 g/mol. The Bertz CT molecular complexity index is 584. The number of sulfonamides is 1. The maximum absolute atomic E-state index is 12.0. The number of rotatable bonds is 6. The van der Waals surface area contributed by atoms with Crippen molar-refractivity contribution < 1.29 is 13.2 Å². The molecule has 0 bridgehead atoms. The average Bonchev–Trinajstić information content (AvgIpc) is 2.72. The average molecular weight is 340 g/mol. The Morgan fingerprint density at radius 2 is 1.87 bits per heavy atom. The molecule has 5 nitrogen and oxygen atoms in total. The van der Waals surface area contributed by atoms with Gasteiger partial charge in [0.1, 0.15) is 12.4 Å². The Morgan fingerprint density at radius 1 is 1.17 bits per heavy atom. The zero-order valence-electron chi connectivity index (χ0n) is 14.4. The third kappa shape index (κ3) is 5.19. The van der Waals surface area contributed by atoms with E-state index in [1.54, 1.807) is 24.3 Å². The van der Waals surface area contributed by atoms with Gasteiger partial charge >= 0.3 is 0 Å². The van der Waals surface area contributed by atoms with E-state index in [0.717, 1.165) is 25.6 Å². The lowest BCUT2D eigenvalue weighted by molar-refractivity contribution is 0.212. The number of benzene rings is 1. The summed E-state index contributed by atoms with van der Waals surface area (Å²) < 4.78 is 31.0. The fourth-order valence-corrected chi connectivity index (χ4v) is 3.66. The van der Waals surface area contributed by atoms with Gasteiger partial charge in [0.05, 0.1) is 4.90 Å². The van der Waals surface area contributed by atoms with Gasteiger partial charge in [0, 0.05) is 20.6 Å². The van der Waals surface area contributed by atoms with Crippen LogP contribution < -0.4 is 4.74 Å². The first-order chi connectivity index (χ1) is 10.9. The fraction of sp³-hybridized carbons (Fsp3) is 0.647. The lowest BCUT2D eigenvalue weighted by atomic mass is 10.0. The fourth-order valence-electron chi connectivity index (χ4n) is 2.76. The van der Waals surface area contributed by atoms with E-state index in [9.17, 15) is 8.42 Å². The third-order valence-electron chi connectivity index (χ3n) is 4.39. The van der Waals surface area contributed by atoms with E-state index in [2.05, 4.69) is 11.8 Å². The molecule has 23 heavy (non-hydrogen) atoms. The van der Waals surface area contributed by atoms with Crippen molar-refractivity contribution in [1.82, 2.24) is 9.21 Å². The van der Waals surface area contributed by atoms with E-state index in [4.69, 9.17) is 4.74 Å². The molecule has 1 saturated heterocycles. The van der Waals surface area contributed by atoms with Crippen molar-refractivity contribution in [3.8, 4) is 5.75 Å². The molecule has 0 saturated carbocycles. The molecule has 0 amide bonds. The molecule has 0 aromatic heterocycles. The Balaban J connectivity index is 1.82. The summed E-state index contributed by atoms with van der Waals surface area (Å²) in [6.07, 6.45) is 3.84. The van der Waals surface area contributed by atoms with Gasteiger partial charge in [-0.05, 0) is 62.5 Å². The minimum Gasteiger partial charge on any atom is -0.492 e. The van der Waals surface area contributed by atoms with Crippen LogP contribution in [0.3, 0.4) is 0 Å². The molecule has 1 atom stereocenters. The molecule has 1 aromatic carbocycles. The van der Waals surface area contributed by atoms with Gasteiger partial charge in [-0.3, -0.25) is 4.90 Å². The molecule has 6 heteroatoms. The number of hydrogen-bond donors (Lipinski definition) is 0. The summed E-state index contributed by atoms with van der Waals surface area (Å²) in [6.45, 7) is 6.17. The van der Waals surface area contributed by atoms with Crippen molar-refractivity contribution in [2.45, 2.75) is 31.1 Å². The van der Waals surface area contributed by atoms with Crippen LogP contribution in [-0.2, 0) is 10.0 Å². The van der Waals surface area contributed by atoms with E-state index >= 15 is 0 Å². The summed E-state index contributed by atoms with van der Waals surface area (Å²) in [6, 6.07) is 6.64. The lowest BCUT2D eigenvalue weighted by Gasteiger charge is -2.20. The van der Waals surface area contributed by atoms with E-state index in [1.807, 2.05) is 0 Å². The van der Waals surface area contributed by atoms with Crippen molar-refractivity contribution in [3.05, 3.63) is 24.3 Å². The van der Waals surface area contributed by atoms with E-state index in [-0.39, 0.29) is 4.90 Å². The molecule has 130 valence electrons. The number of nitrogens with zero attached hydrogens (tertiary/aromatic N) is 2. The standard InChI is InChI=1S/C17H28N2O3S/c1-15-5-4-11-19(12-10-15)13-14-22-16-6-8-17(9-7-16)23(20,21)18(2)3/h6-9,15H,4-5,10-14H2,1-3H3. The van der Waals surface area contributed by atoms with Crippen molar-refractivity contribution in [1.29, 1.82) is 0 Å². The van der Waals surface area contributed by atoms with Crippen molar-refractivity contribution >= 4 is 10.0 Å². The van der Waals surface area contributed by atoms with Crippen LogP contribution in [0.25, 0.3) is 0 Å². The topological polar surface area (TPSA) is 49.9 Å². The van der Waals surface area contributed by atoms with Crippen LogP contribution in [-0.4, -0.2) is 58.0 Å². The first-order valence-electron chi connectivity index (χ1n) is 8.27. The van der Waals surface area contributed by atoms with Gasteiger partial charge in [0.15, 0.2) is 0 Å². The van der Waals surface area contributed by atoms with Crippen LogP contribution in [0.5, 0.6) is 5.75 Å². The minimum absolute atomic E-state index is 0.288. The molecule has 0 spiro atoms. The maximum atomic E-state index is 12.0. The van der Waals surface area contributed by atoms with Gasteiger partial charge in [-0.2, -0.15) is 0 Å². The molecule has 1 heterocycles. The molecule has 1 aliphatic rings. The molecular formula is C17H28N2O3S. The van der Waals surface area contributed by atoms with Crippen molar-refractivity contribution in [3.63, 3.8) is 0 Å². The first-order valence-corrected chi connectivity index (χ1v) is 9.71. The molecule has 1 unspecified atom stereocenters. The molecule has 1 aromatic rings. The first kappa shape index (κ1) is 18.2. The largest absolute Gasteiger partial charge is 0.492 e. The van der Waals surface area contributed by atoms with Crippen LogP contribution in [0.15, 0.2) is 29.2 Å². The highest BCUT2D eigenvalue weighted by Crippen LogP contribution is 2.19. The highest BCUT2D eigenvalue weighted by Gasteiger charge is 2.17. The van der Waals surface area contributed by atoms with Gasteiger partial charge in [-0.25, -0.2) is 12.7 Å². The molecule has 2 rings (SSSR count). The summed E-state index contributed by atoms with van der Waals surface area (Å²) in [5.41, 5.74) is 0. The highest BCUT2D eigenvalue weighted by atomic mass is 32.2. The van der Waals surface area contributed by atoms with E-state index in [0.29, 0.717) is 12.4 Å². The van der Waals surface area contributed by atoms with Crippen LogP contribution in [0.1, 0.15) is 26.2 Å². The van der Waals surface area contributed by atoms with E-state index in [1.165, 1.54) is 37.7 Å². The summed E-state index contributed by atoms with van der Waals surface area (Å²) in [4.78, 5) is 2.74. The van der Waals surface area contributed by atoms with Gasteiger partial charge in [-0.1, -0.05) is 6.92 Å². The SMILES string of the molecule is CC1CCCN(CCOc2ccc(S(=O)(=O)N(C)C)cc2)CC1. The Morgan fingerprint density at radius 3 is 2.52 bits per heavy atom. The second kappa shape index (κ2) is 8.13.